The van der Waals surface area contributed by atoms with E-state index < -0.39 is 0 Å². The van der Waals surface area contributed by atoms with Gasteiger partial charge in [0.05, 0.1) is 11.9 Å². The highest BCUT2D eigenvalue weighted by molar-refractivity contribution is 5.85. The van der Waals surface area contributed by atoms with Crippen molar-refractivity contribution in [1.82, 2.24) is 4.98 Å². The fourth-order valence-corrected chi connectivity index (χ4v) is 1.35. The molecule has 1 aromatic carbocycles. The monoisotopic (exact) mass is 212 g/mol. The van der Waals surface area contributed by atoms with E-state index in [1.165, 1.54) is 0 Å². The zero-order chi connectivity index (χ0) is 11.4. The summed E-state index contributed by atoms with van der Waals surface area (Å²) >= 11 is 0. The van der Waals surface area contributed by atoms with Crippen LogP contribution in [0.5, 0.6) is 5.75 Å². The zero-order valence-electron chi connectivity index (χ0n) is 8.96. The SMILES string of the molecule is Cc1ccc(O)c(C=Nc2cccnc2)c1. The molecule has 0 fully saturated rings. The van der Waals surface area contributed by atoms with Gasteiger partial charge in [0.2, 0.25) is 0 Å². The smallest absolute Gasteiger partial charge is 0.124 e. The first-order valence-electron chi connectivity index (χ1n) is 4.99. The van der Waals surface area contributed by atoms with Crippen LogP contribution in [0.1, 0.15) is 11.1 Å². The van der Waals surface area contributed by atoms with Gasteiger partial charge in [-0.15, -0.1) is 0 Å². The molecule has 1 N–H and O–H groups in total. The molecule has 0 atom stereocenters. The van der Waals surface area contributed by atoms with E-state index in [0.717, 1.165) is 11.3 Å². The van der Waals surface area contributed by atoms with Gasteiger partial charge in [-0.05, 0) is 31.2 Å². The Balaban J connectivity index is 2.27. The minimum Gasteiger partial charge on any atom is -0.507 e. The maximum Gasteiger partial charge on any atom is 0.124 e. The summed E-state index contributed by atoms with van der Waals surface area (Å²) in [4.78, 5) is 8.19. The number of hydrogen-bond acceptors (Lipinski definition) is 3. The number of aliphatic imine (C=N–C) groups is 1. The summed E-state index contributed by atoms with van der Waals surface area (Å²) in [7, 11) is 0. The van der Waals surface area contributed by atoms with Crippen LogP contribution in [-0.2, 0) is 0 Å². The second-order valence-corrected chi connectivity index (χ2v) is 3.53. The maximum absolute atomic E-state index is 9.61. The maximum atomic E-state index is 9.61. The molecule has 1 heterocycles. The summed E-state index contributed by atoms with van der Waals surface area (Å²) in [5.41, 5.74) is 2.57. The van der Waals surface area contributed by atoms with Gasteiger partial charge < -0.3 is 5.11 Å². The van der Waals surface area contributed by atoms with Gasteiger partial charge >= 0.3 is 0 Å². The van der Waals surface area contributed by atoms with Gasteiger partial charge in [-0.25, -0.2) is 0 Å². The average Bonchev–Trinajstić information content (AvgIpc) is 2.32. The molecule has 2 rings (SSSR count). The molecule has 0 spiro atoms. The molecule has 3 heteroatoms. The van der Waals surface area contributed by atoms with Crippen molar-refractivity contribution in [3.63, 3.8) is 0 Å². The fourth-order valence-electron chi connectivity index (χ4n) is 1.35. The normalized spacial score (nSPS) is 10.8. The Morgan fingerprint density at radius 2 is 2.19 bits per heavy atom. The first-order valence-corrected chi connectivity index (χ1v) is 4.99. The van der Waals surface area contributed by atoms with Crippen LogP contribution in [0.15, 0.2) is 47.7 Å². The van der Waals surface area contributed by atoms with E-state index >= 15 is 0 Å². The van der Waals surface area contributed by atoms with Crippen LogP contribution in [0.25, 0.3) is 0 Å². The predicted molar refractivity (Wildman–Crippen MR) is 64.3 cm³/mol. The Labute approximate surface area is 94.1 Å². The van der Waals surface area contributed by atoms with Gasteiger partial charge in [0.25, 0.3) is 0 Å². The highest BCUT2D eigenvalue weighted by Gasteiger charge is 1.97. The molecule has 0 radical (unpaired) electrons. The second kappa shape index (κ2) is 4.57. The van der Waals surface area contributed by atoms with Crippen molar-refractivity contribution in [3.8, 4) is 5.75 Å². The minimum atomic E-state index is 0.234. The standard InChI is InChI=1S/C13H12N2O/c1-10-4-5-13(16)11(7-10)8-15-12-3-2-6-14-9-12/h2-9,16H,1H3. The van der Waals surface area contributed by atoms with Crippen molar-refractivity contribution in [3.05, 3.63) is 53.9 Å². The van der Waals surface area contributed by atoms with E-state index in [1.807, 2.05) is 31.2 Å². The lowest BCUT2D eigenvalue weighted by Crippen LogP contribution is -1.83. The molecule has 0 saturated heterocycles. The first-order chi connectivity index (χ1) is 7.75. The topological polar surface area (TPSA) is 45.5 Å². The van der Waals surface area contributed by atoms with Crippen molar-refractivity contribution >= 4 is 11.9 Å². The third kappa shape index (κ3) is 2.45. The Hall–Kier alpha value is -2.16. The second-order valence-electron chi connectivity index (χ2n) is 3.53. The Kier molecular flexibility index (Phi) is 2.96. The van der Waals surface area contributed by atoms with E-state index in [9.17, 15) is 5.11 Å². The molecular formula is C13H12N2O. The number of aryl methyl sites for hydroxylation is 1. The molecule has 0 bridgehead atoms. The third-order valence-corrected chi connectivity index (χ3v) is 2.18. The summed E-state index contributed by atoms with van der Waals surface area (Å²) in [5, 5.41) is 9.61. The third-order valence-electron chi connectivity index (χ3n) is 2.18. The van der Waals surface area contributed by atoms with Crippen molar-refractivity contribution in [2.45, 2.75) is 6.92 Å². The van der Waals surface area contributed by atoms with Crippen LogP contribution < -0.4 is 0 Å². The largest absolute Gasteiger partial charge is 0.507 e. The van der Waals surface area contributed by atoms with Crippen molar-refractivity contribution < 1.29 is 5.11 Å². The number of aromatic nitrogens is 1. The van der Waals surface area contributed by atoms with E-state index in [0.29, 0.717) is 5.56 Å². The molecule has 0 aliphatic rings. The number of benzene rings is 1. The van der Waals surface area contributed by atoms with Crippen LogP contribution in [0, 0.1) is 6.92 Å². The highest BCUT2D eigenvalue weighted by atomic mass is 16.3. The predicted octanol–water partition coefficient (Wildman–Crippen LogP) is 2.85. The number of hydrogen-bond donors (Lipinski definition) is 1. The van der Waals surface area contributed by atoms with Gasteiger partial charge in [0.1, 0.15) is 5.75 Å². The molecule has 0 aliphatic heterocycles. The summed E-state index contributed by atoms with van der Waals surface area (Å²) in [6.07, 6.45) is 5.01. The van der Waals surface area contributed by atoms with Crippen molar-refractivity contribution in [2.75, 3.05) is 0 Å². The number of phenols is 1. The summed E-state index contributed by atoms with van der Waals surface area (Å²) in [6, 6.07) is 9.09. The molecule has 2 aromatic rings. The summed E-state index contributed by atoms with van der Waals surface area (Å²) in [6.45, 7) is 1.97. The molecular weight excluding hydrogens is 200 g/mol. The highest BCUT2D eigenvalue weighted by Crippen LogP contribution is 2.17. The lowest BCUT2D eigenvalue weighted by Gasteiger charge is -1.99. The molecule has 0 saturated carbocycles. The van der Waals surface area contributed by atoms with E-state index in [2.05, 4.69) is 9.98 Å². The van der Waals surface area contributed by atoms with Crippen LogP contribution in [-0.4, -0.2) is 16.3 Å². The Morgan fingerprint density at radius 1 is 1.31 bits per heavy atom. The number of rotatable bonds is 2. The molecule has 16 heavy (non-hydrogen) atoms. The molecule has 80 valence electrons. The van der Waals surface area contributed by atoms with Gasteiger partial charge in [0, 0.05) is 18.0 Å². The summed E-state index contributed by atoms with van der Waals surface area (Å²) < 4.78 is 0. The average molecular weight is 212 g/mol. The number of pyridine rings is 1. The van der Waals surface area contributed by atoms with Crippen molar-refractivity contribution in [1.29, 1.82) is 0 Å². The van der Waals surface area contributed by atoms with Crippen LogP contribution in [0.2, 0.25) is 0 Å². The molecule has 0 amide bonds. The fraction of sp³-hybridized carbons (Fsp3) is 0.0769. The quantitative estimate of drug-likeness (QED) is 0.778. The van der Waals surface area contributed by atoms with Crippen LogP contribution in [0.3, 0.4) is 0 Å². The van der Waals surface area contributed by atoms with E-state index in [4.69, 9.17) is 0 Å². The molecule has 0 aliphatic carbocycles. The lowest BCUT2D eigenvalue weighted by molar-refractivity contribution is 0.474. The Morgan fingerprint density at radius 3 is 2.94 bits per heavy atom. The number of phenolic OH excluding ortho intramolecular Hbond substituents is 1. The van der Waals surface area contributed by atoms with Gasteiger partial charge in [-0.3, -0.25) is 9.98 Å². The van der Waals surface area contributed by atoms with E-state index in [-0.39, 0.29) is 5.75 Å². The lowest BCUT2D eigenvalue weighted by atomic mass is 10.1. The van der Waals surface area contributed by atoms with E-state index in [1.54, 1.807) is 24.7 Å². The van der Waals surface area contributed by atoms with Crippen molar-refractivity contribution in [2.24, 2.45) is 4.99 Å². The molecule has 0 unspecified atom stereocenters. The number of nitrogens with zero attached hydrogens (tertiary/aromatic N) is 2. The van der Waals surface area contributed by atoms with Gasteiger partial charge in [-0.2, -0.15) is 0 Å². The number of aromatic hydroxyl groups is 1. The van der Waals surface area contributed by atoms with Gasteiger partial charge in [0.15, 0.2) is 0 Å². The zero-order valence-corrected chi connectivity index (χ0v) is 8.96. The summed E-state index contributed by atoms with van der Waals surface area (Å²) in [5.74, 6) is 0.234. The van der Waals surface area contributed by atoms with Crippen LogP contribution >= 0.6 is 0 Å². The Bertz CT molecular complexity index is 507. The van der Waals surface area contributed by atoms with Gasteiger partial charge in [-0.1, -0.05) is 11.6 Å². The minimum absolute atomic E-state index is 0.234. The molecule has 1 aromatic heterocycles. The first kappa shape index (κ1) is 10.4. The molecule has 3 nitrogen and oxygen atoms in total. The van der Waals surface area contributed by atoms with Crippen LogP contribution in [0.4, 0.5) is 5.69 Å².